The van der Waals surface area contributed by atoms with Crippen molar-refractivity contribution >= 4 is 23.6 Å². The van der Waals surface area contributed by atoms with Gasteiger partial charge >= 0.3 is 18.1 Å². The normalized spacial score (nSPS) is 13.2. The molecule has 8 heteroatoms. The average Bonchev–Trinajstić information content (AvgIpc) is 2.14. The van der Waals surface area contributed by atoms with Gasteiger partial charge in [-0.15, -0.1) is 0 Å². The summed E-state index contributed by atoms with van der Waals surface area (Å²) in [6.45, 7) is 1.84. The van der Waals surface area contributed by atoms with E-state index < -0.39 is 24.1 Å². The van der Waals surface area contributed by atoms with Crippen molar-refractivity contribution in [3.05, 3.63) is 0 Å². The zero-order chi connectivity index (χ0) is 12.8. The van der Waals surface area contributed by atoms with E-state index in [2.05, 4.69) is 0 Å². The van der Waals surface area contributed by atoms with Crippen molar-refractivity contribution in [3.8, 4) is 0 Å². The second kappa shape index (κ2) is 6.62. The van der Waals surface area contributed by atoms with Crippen molar-refractivity contribution < 1.29 is 27.9 Å². The van der Waals surface area contributed by atoms with Crippen LogP contribution in [0.2, 0.25) is 0 Å². The summed E-state index contributed by atoms with van der Waals surface area (Å²) >= 11 is 1.39. The summed E-state index contributed by atoms with van der Waals surface area (Å²) in [4.78, 5) is 21.1. The van der Waals surface area contributed by atoms with Crippen LogP contribution in [0.3, 0.4) is 0 Å². The first-order valence-electron chi connectivity index (χ1n) is 4.47. The van der Waals surface area contributed by atoms with E-state index in [1.54, 1.807) is 0 Å². The van der Waals surface area contributed by atoms with E-state index in [0.29, 0.717) is 5.75 Å². The Hall–Kier alpha value is -0.920. The summed E-state index contributed by atoms with van der Waals surface area (Å²) in [5.74, 6) is -2.57. The maximum absolute atomic E-state index is 11.9. The van der Waals surface area contributed by atoms with Gasteiger partial charge in [-0.25, -0.2) is 4.79 Å². The number of nitrogens with one attached hydrogen (secondary N) is 1. The molecule has 2 N–H and O–H groups in total. The number of aliphatic carboxylic acids is 1. The lowest BCUT2D eigenvalue weighted by Crippen LogP contribution is -2.47. The fraction of sp³-hybridized carbons (Fsp3) is 0.750. The molecule has 0 spiro atoms. The van der Waals surface area contributed by atoms with Gasteiger partial charge in [-0.05, 0) is 17.9 Å². The summed E-state index contributed by atoms with van der Waals surface area (Å²) in [6.07, 6.45) is -5.08. The van der Waals surface area contributed by atoms with Gasteiger partial charge in [0.2, 0.25) is 0 Å². The molecule has 0 aliphatic rings. The third kappa shape index (κ3) is 5.84. The third-order valence-electron chi connectivity index (χ3n) is 1.62. The van der Waals surface area contributed by atoms with Crippen molar-refractivity contribution in [3.63, 3.8) is 0 Å². The molecule has 0 aromatic carbocycles. The zero-order valence-corrected chi connectivity index (χ0v) is 9.32. The topological polar surface area (TPSA) is 66.4 Å². The molecule has 1 atom stereocenters. The van der Waals surface area contributed by atoms with Crippen LogP contribution in [0, 0.1) is 0 Å². The molecular formula is C8H12F3NO3S. The summed E-state index contributed by atoms with van der Waals surface area (Å²) in [6, 6.07) is -1.49. The monoisotopic (exact) mass is 259 g/mol. The highest BCUT2D eigenvalue weighted by Gasteiger charge is 2.40. The minimum Gasteiger partial charge on any atom is -0.480 e. The van der Waals surface area contributed by atoms with Crippen LogP contribution in [0.15, 0.2) is 0 Å². The van der Waals surface area contributed by atoms with Gasteiger partial charge in [0.25, 0.3) is 0 Å². The third-order valence-corrected chi connectivity index (χ3v) is 2.55. The smallest absolute Gasteiger partial charge is 0.471 e. The molecule has 0 heterocycles. The number of rotatable bonds is 6. The lowest BCUT2D eigenvalue weighted by Gasteiger charge is -2.15. The first kappa shape index (κ1) is 15.1. The maximum Gasteiger partial charge on any atom is 0.471 e. The van der Waals surface area contributed by atoms with E-state index in [-0.39, 0.29) is 6.42 Å². The number of carbonyl (C=O) groups is 2. The minimum absolute atomic E-state index is 0.0321. The number of halogens is 3. The van der Waals surface area contributed by atoms with Crippen molar-refractivity contribution in [2.75, 3.05) is 11.5 Å². The maximum atomic E-state index is 11.9. The van der Waals surface area contributed by atoms with Gasteiger partial charge < -0.3 is 10.4 Å². The highest BCUT2D eigenvalue weighted by Crippen LogP contribution is 2.15. The second-order valence-corrected chi connectivity index (χ2v) is 4.24. The molecule has 0 fully saturated rings. The first-order chi connectivity index (χ1) is 7.29. The van der Waals surface area contributed by atoms with E-state index in [1.165, 1.54) is 17.1 Å². The first-order valence-corrected chi connectivity index (χ1v) is 5.62. The predicted molar refractivity (Wildman–Crippen MR) is 53.2 cm³/mol. The Bertz CT molecular complexity index is 257. The zero-order valence-electron chi connectivity index (χ0n) is 8.50. The quantitative estimate of drug-likeness (QED) is 0.705. The van der Waals surface area contributed by atoms with Gasteiger partial charge in [0.15, 0.2) is 0 Å². The Labute approximate surface area is 94.6 Å². The van der Waals surface area contributed by atoms with Gasteiger partial charge in [-0.2, -0.15) is 24.9 Å². The highest BCUT2D eigenvalue weighted by molar-refractivity contribution is 7.99. The second-order valence-electron chi connectivity index (χ2n) is 2.85. The molecule has 1 amide bonds. The van der Waals surface area contributed by atoms with Crippen LogP contribution in [-0.2, 0) is 9.59 Å². The van der Waals surface area contributed by atoms with Gasteiger partial charge in [0.05, 0.1) is 0 Å². The molecular weight excluding hydrogens is 247 g/mol. The van der Waals surface area contributed by atoms with Crippen molar-refractivity contribution in [2.24, 2.45) is 0 Å². The summed E-state index contributed by atoms with van der Waals surface area (Å²) in [7, 11) is 0. The Morgan fingerprint density at radius 1 is 1.44 bits per heavy atom. The number of amides is 1. The summed E-state index contributed by atoms with van der Waals surface area (Å²) in [5, 5.41) is 10.0. The van der Waals surface area contributed by atoms with Gasteiger partial charge in [-0.1, -0.05) is 6.92 Å². The summed E-state index contributed by atoms with van der Waals surface area (Å²) in [5.41, 5.74) is 0. The van der Waals surface area contributed by atoms with Crippen LogP contribution >= 0.6 is 11.8 Å². The van der Waals surface area contributed by atoms with Crippen LogP contribution in [0.1, 0.15) is 13.3 Å². The number of alkyl halides is 3. The molecule has 0 saturated heterocycles. The molecule has 0 aliphatic heterocycles. The number of carbonyl (C=O) groups excluding carboxylic acids is 1. The van der Waals surface area contributed by atoms with E-state index in [4.69, 9.17) is 5.11 Å². The molecule has 0 unspecified atom stereocenters. The number of hydrogen-bond donors (Lipinski definition) is 2. The highest BCUT2D eigenvalue weighted by atomic mass is 32.2. The Morgan fingerprint density at radius 2 is 2.00 bits per heavy atom. The number of thioether (sulfide) groups is 1. The number of carboxylic acids is 1. The molecule has 94 valence electrons. The fourth-order valence-corrected chi connectivity index (χ4v) is 1.53. The van der Waals surface area contributed by atoms with Crippen LogP contribution in [0.4, 0.5) is 13.2 Å². The molecule has 4 nitrogen and oxygen atoms in total. The Morgan fingerprint density at radius 3 is 2.38 bits per heavy atom. The van der Waals surface area contributed by atoms with E-state index >= 15 is 0 Å². The number of carboxylic acid groups (broad SMARTS) is 1. The van der Waals surface area contributed by atoms with Crippen molar-refractivity contribution in [1.82, 2.24) is 5.32 Å². The van der Waals surface area contributed by atoms with Gasteiger partial charge in [0.1, 0.15) is 6.04 Å². The lowest BCUT2D eigenvalue weighted by atomic mass is 10.2. The molecule has 0 aromatic rings. The summed E-state index contributed by atoms with van der Waals surface area (Å²) < 4.78 is 35.6. The molecule has 0 saturated carbocycles. The molecule has 0 aromatic heterocycles. The molecule has 0 rings (SSSR count). The van der Waals surface area contributed by atoms with Gasteiger partial charge in [-0.3, -0.25) is 4.79 Å². The van der Waals surface area contributed by atoms with Crippen LogP contribution in [0.5, 0.6) is 0 Å². The van der Waals surface area contributed by atoms with Gasteiger partial charge in [0, 0.05) is 0 Å². The molecule has 0 bridgehead atoms. The largest absolute Gasteiger partial charge is 0.480 e. The Kier molecular flexibility index (Phi) is 6.24. The van der Waals surface area contributed by atoms with E-state index in [0.717, 1.165) is 5.75 Å². The SMILES string of the molecule is CCSCC[C@H](NC(=O)C(F)(F)F)C(=O)O. The predicted octanol–water partition coefficient (Wildman–Crippen LogP) is 1.26. The lowest BCUT2D eigenvalue weighted by molar-refractivity contribution is -0.175. The van der Waals surface area contributed by atoms with Crippen LogP contribution < -0.4 is 5.32 Å². The van der Waals surface area contributed by atoms with Crippen molar-refractivity contribution in [2.45, 2.75) is 25.6 Å². The standard InChI is InChI=1S/C8H12F3NO3S/c1-2-16-4-3-5(6(13)14)12-7(15)8(9,10)11/h5H,2-4H2,1H3,(H,12,15)(H,13,14)/t5-/m0/s1. The van der Waals surface area contributed by atoms with Crippen molar-refractivity contribution in [1.29, 1.82) is 0 Å². The van der Waals surface area contributed by atoms with E-state index in [9.17, 15) is 22.8 Å². The molecule has 16 heavy (non-hydrogen) atoms. The van der Waals surface area contributed by atoms with Crippen LogP contribution in [-0.4, -0.2) is 40.7 Å². The fourth-order valence-electron chi connectivity index (χ4n) is 0.843. The molecule has 0 aliphatic carbocycles. The van der Waals surface area contributed by atoms with E-state index in [1.807, 2.05) is 6.92 Å². The Balaban J connectivity index is 4.24. The molecule has 0 radical (unpaired) electrons. The minimum atomic E-state index is -5.05. The average molecular weight is 259 g/mol. The number of hydrogen-bond acceptors (Lipinski definition) is 3. The van der Waals surface area contributed by atoms with Crippen LogP contribution in [0.25, 0.3) is 0 Å².